The Labute approximate surface area is 231 Å². The largest absolute Gasteiger partial charge is 0.462 e. The average Bonchev–Trinajstić information content (AvgIpc) is 2.73. The van der Waals surface area contributed by atoms with E-state index in [9.17, 15) is 19.2 Å². The molecule has 0 spiro atoms. The van der Waals surface area contributed by atoms with Gasteiger partial charge in [0, 0.05) is 0 Å². The number of nitrogens with zero attached hydrogens (tertiary/aromatic N) is 1. The molecule has 0 bridgehead atoms. The molecule has 5 atom stereocenters. The van der Waals surface area contributed by atoms with E-state index in [2.05, 4.69) is 10.2 Å². The number of aliphatic imine (C=N–C) groups is 1. The number of esters is 4. The van der Waals surface area contributed by atoms with Gasteiger partial charge in [-0.1, -0.05) is 0 Å². The molecule has 0 radical (unpaired) electrons. The molecule has 0 saturated carbocycles. The lowest BCUT2D eigenvalue weighted by molar-refractivity contribution is -0.258. The zero-order valence-corrected chi connectivity index (χ0v) is 25.4. The SMILES string of the molecule is CC(C)(C)C(=O)OC[C@H]1O[C@@H](N=C=S)[C@H](OC(=O)C(C)(C)C)[C@@H](OC(=O)C(C)(C)C)[C@@H]1OC(=O)C(C)(C)C. The highest BCUT2D eigenvalue weighted by atomic mass is 32.1. The van der Waals surface area contributed by atoms with E-state index in [1.165, 1.54) is 0 Å². The van der Waals surface area contributed by atoms with Gasteiger partial charge in [0.15, 0.2) is 24.5 Å². The topological polar surface area (TPSA) is 127 Å². The number of hydrogen-bond acceptors (Lipinski definition) is 11. The van der Waals surface area contributed by atoms with Crippen molar-refractivity contribution in [2.75, 3.05) is 6.61 Å². The maximum absolute atomic E-state index is 13.1. The van der Waals surface area contributed by atoms with Crippen molar-refractivity contribution in [3.05, 3.63) is 0 Å². The van der Waals surface area contributed by atoms with Gasteiger partial charge in [0.2, 0.25) is 0 Å². The standard InChI is InChI=1S/C27H43NO9S/c1-24(2,3)20(29)33-13-15-16(35-21(30)25(4,5)6)17(36-22(31)26(7,8)9)18(19(34-15)28-14-38)37-23(32)27(10,11)12/h15-19H,13H2,1-12H3/t15-,16-,17+,18-,19-/m1/s1. The zero-order chi connectivity index (χ0) is 29.9. The maximum atomic E-state index is 13.1. The average molecular weight is 558 g/mol. The van der Waals surface area contributed by atoms with Crippen LogP contribution in [0.3, 0.4) is 0 Å². The van der Waals surface area contributed by atoms with E-state index >= 15 is 0 Å². The minimum Gasteiger partial charge on any atom is -0.462 e. The molecule has 10 nitrogen and oxygen atoms in total. The summed E-state index contributed by atoms with van der Waals surface area (Å²) in [5, 5.41) is 2.21. The van der Waals surface area contributed by atoms with Gasteiger partial charge in [0.25, 0.3) is 0 Å². The lowest BCUT2D eigenvalue weighted by Crippen LogP contribution is -2.63. The van der Waals surface area contributed by atoms with Gasteiger partial charge in [-0.05, 0) is 95.3 Å². The smallest absolute Gasteiger partial charge is 0.311 e. The van der Waals surface area contributed by atoms with Crippen molar-refractivity contribution in [2.24, 2.45) is 26.7 Å². The van der Waals surface area contributed by atoms with Crippen molar-refractivity contribution < 1.29 is 42.9 Å². The van der Waals surface area contributed by atoms with Gasteiger partial charge >= 0.3 is 23.9 Å². The van der Waals surface area contributed by atoms with Crippen LogP contribution in [0.5, 0.6) is 0 Å². The molecule has 1 aliphatic heterocycles. The van der Waals surface area contributed by atoms with E-state index in [0.717, 1.165) is 0 Å². The highest BCUT2D eigenvalue weighted by Gasteiger charge is 2.54. The number of carbonyl (C=O) groups is 4. The summed E-state index contributed by atoms with van der Waals surface area (Å²) in [6.07, 6.45) is -6.42. The first kappa shape index (κ1) is 33.7. The van der Waals surface area contributed by atoms with E-state index in [-0.39, 0.29) is 6.61 Å². The number of rotatable bonds is 6. The lowest BCUT2D eigenvalue weighted by Gasteiger charge is -2.44. The van der Waals surface area contributed by atoms with Crippen LogP contribution in [-0.2, 0) is 42.9 Å². The van der Waals surface area contributed by atoms with Gasteiger partial charge in [0.1, 0.15) is 12.7 Å². The molecule has 1 saturated heterocycles. The van der Waals surface area contributed by atoms with Crippen molar-refractivity contribution in [3.63, 3.8) is 0 Å². The van der Waals surface area contributed by atoms with E-state index in [1.54, 1.807) is 83.1 Å². The fourth-order valence-electron chi connectivity index (χ4n) is 2.86. The molecular formula is C27H43NO9S. The summed E-state index contributed by atoms with van der Waals surface area (Å²) in [5.41, 5.74) is -3.64. The Balaban J connectivity index is 3.67. The fraction of sp³-hybridized carbons (Fsp3) is 0.815. The van der Waals surface area contributed by atoms with Crippen molar-refractivity contribution >= 4 is 41.3 Å². The maximum Gasteiger partial charge on any atom is 0.311 e. The van der Waals surface area contributed by atoms with Crippen LogP contribution in [0.1, 0.15) is 83.1 Å². The molecule has 1 fully saturated rings. The summed E-state index contributed by atoms with van der Waals surface area (Å²) in [6, 6.07) is 0. The molecular weight excluding hydrogens is 514 g/mol. The Morgan fingerprint density at radius 3 is 1.39 bits per heavy atom. The third kappa shape index (κ3) is 9.43. The molecule has 11 heteroatoms. The Morgan fingerprint density at radius 2 is 1.03 bits per heavy atom. The van der Waals surface area contributed by atoms with Gasteiger partial charge < -0.3 is 23.7 Å². The molecule has 0 amide bonds. The normalized spacial score (nSPS) is 24.5. The molecule has 0 aromatic rings. The van der Waals surface area contributed by atoms with Crippen LogP contribution in [0.25, 0.3) is 0 Å². The summed E-state index contributed by atoms with van der Waals surface area (Å²) < 4.78 is 28.9. The van der Waals surface area contributed by atoms with Crippen LogP contribution in [0, 0.1) is 21.7 Å². The molecule has 216 valence electrons. The summed E-state index contributed by atoms with van der Waals surface area (Å²) in [5.74, 6) is -2.44. The van der Waals surface area contributed by atoms with Gasteiger partial charge in [0.05, 0.1) is 26.8 Å². The van der Waals surface area contributed by atoms with E-state index in [4.69, 9.17) is 35.9 Å². The lowest BCUT2D eigenvalue weighted by atomic mass is 9.92. The first-order valence-corrected chi connectivity index (χ1v) is 12.9. The monoisotopic (exact) mass is 557 g/mol. The minimum absolute atomic E-state index is 0.356. The second-order valence-corrected chi connectivity index (χ2v) is 13.7. The van der Waals surface area contributed by atoms with Crippen molar-refractivity contribution in [1.29, 1.82) is 0 Å². The third-order valence-corrected chi connectivity index (χ3v) is 5.45. The zero-order valence-electron chi connectivity index (χ0n) is 24.6. The fourth-order valence-corrected chi connectivity index (χ4v) is 2.97. The van der Waals surface area contributed by atoms with Gasteiger partial charge in [-0.15, -0.1) is 0 Å². The Kier molecular flexibility index (Phi) is 10.8. The first-order valence-electron chi connectivity index (χ1n) is 12.5. The summed E-state index contributed by atoms with van der Waals surface area (Å²) >= 11 is 4.78. The summed E-state index contributed by atoms with van der Waals surface area (Å²) in [6.45, 7) is 19.6. The number of carbonyl (C=O) groups excluding carboxylic acids is 4. The second-order valence-electron chi connectivity index (χ2n) is 13.5. The van der Waals surface area contributed by atoms with Crippen LogP contribution in [0.4, 0.5) is 0 Å². The highest BCUT2D eigenvalue weighted by molar-refractivity contribution is 7.78. The van der Waals surface area contributed by atoms with Crippen LogP contribution in [0.2, 0.25) is 0 Å². The molecule has 0 aromatic heterocycles. The van der Waals surface area contributed by atoms with E-state index < -0.39 is 76.2 Å². The van der Waals surface area contributed by atoms with Crippen molar-refractivity contribution in [3.8, 4) is 0 Å². The molecule has 0 aromatic carbocycles. The second kappa shape index (κ2) is 12.2. The molecule has 0 aliphatic carbocycles. The molecule has 1 rings (SSSR count). The minimum atomic E-state index is -1.36. The number of ether oxygens (including phenoxy) is 5. The first-order chi connectivity index (χ1) is 17.0. The van der Waals surface area contributed by atoms with Gasteiger partial charge in [-0.25, -0.2) is 0 Å². The molecule has 1 heterocycles. The quantitative estimate of drug-likeness (QED) is 0.202. The van der Waals surface area contributed by atoms with Crippen LogP contribution in [0.15, 0.2) is 4.99 Å². The number of thiocarbonyl (C=S) groups is 1. The molecule has 0 N–H and O–H groups in total. The summed E-state index contributed by atoms with van der Waals surface area (Å²) in [4.78, 5) is 55.5. The van der Waals surface area contributed by atoms with Crippen LogP contribution in [-0.4, -0.2) is 66.3 Å². The Bertz CT molecular complexity index is 944. The Morgan fingerprint density at radius 1 is 0.658 bits per heavy atom. The Hall–Kier alpha value is -2.36. The predicted molar refractivity (Wildman–Crippen MR) is 142 cm³/mol. The van der Waals surface area contributed by atoms with Crippen LogP contribution < -0.4 is 0 Å². The number of isothiocyanates is 1. The van der Waals surface area contributed by atoms with E-state index in [0.29, 0.717) is 0 Å². The van der Waals surface area contributed by atoms with Crippen LogP contribution >= 0.6 is 12.2 Å². The number of hydrogen-bond donors (Lipinski definition) is 0. The highest BCUT2D eigenvalue weighted by Crippen LogP contribution is 2.34. The summed E-state index contributed by atoms with van der Waals surface area (Å²) in [7, 11) is 0. The van der Waals surface area contributed by atoms with E-state index in [1.807, 2.05) is 0 Å². The third-order valence-electron chi connectivity index (χ3n) is 5.35. The predicted octanol–water partition coefficient (Wildman–Crippen LogP) is 4.28. The molecule has 38 heavy (non-hydrogen) atoms. The van der Waals surface area contributed by atoms with Gasteiger partial charge in [-0.2, -0.15) is 4.99 Å². The molecule has 1 aliphatic rings. The van der Waals surface area contributed by atoms with Crippen molar-refractivity contribution in [2.45, 2.75) is 114 Å². The van der Waals surface area contributed by atoms with Gasteiger partial charge in [-0.3, -0.25) is 19.2 Å². The van der Waals surface area contributed by atoms with Crippen molar-refractivity contribution in [1.82, 2.24) is 0 Å². The molecule has 0 unspecified atom stereocenters.